The molecule has 1 aliphatic carbocycles. The van der Waals surface area contributed by atoms with E-state index in [1.54, 1.807) is 12.1 Å². The molecule has 0 bridgehead atoms. The number of imidazole rings is 1. The molecule has 3 N–H and O–H groups in total. The Balaban J connectivity index is 1.70. The first-order valence-electron chi connectivity index (χ1n) is 9.82. The average Bonchev–Trinajstić information content (AvgIpc) is 3.32. The van der Waals surface area contributed by atoms with Crippen molar-refractivity contribution < 1.29 is 8.42 Å². The van der Waals surface area contributed by atoms with E-state index in [0.717, 1.165) is 59.4 Å². The average molecular weight is 410 g/mol. The maximum absolute atomic E-state index is 11.8. The van der Waals surface area contributed by atoms with Crippen LogP contribution in [0.25, 0.3) is 27.9 Å². The maximum Gasteiger partial charge on any atom is 0.175 e. The molecule has 29 heavy (non-hydrogen) atoms. The van der Waals surface area contributed by atoms with Gasteiger partial charge in [-0.25, -0.2) is 18.4 Å². The molecule has 7 nitrogen and oxygen atoms in total. The third-order valence-corrected chi connectivity index (χ3v) is 7.02. The predicted molar refractivity (Wildman–Crippen MR) is 113 cm³/mol. The highest BCUT2D eigenvalue weighted by Gasteiger charge is 2.26. The predicted octanol–water partition coefficient (Wildman–Crippen LogP) is 3.27. The Labute approximate surface area is 168 Å². The maximum atomic E-state index is 11.8. The van der Waals surface area contributed by atoms with Crippen LogP contribution in [0.3, 0.4) is 0 Å². The van der Waals surface area contributed by atoms with E-state index in [4.69, 9.17) is 10.7 Å². The van der Waals surface area contributed by atoms with E-state index in [1.165, 1.54) is 6.26 Å². The number of aromatic nitrogens is 4. The van der Waals surface area contributed by atoms with Crippen LogP contribution in [-0.2, 0) is 9.84 Å². The van der Waals surface area contributed by atoms with Gasteiger partial charge in [-0.1, -0.05) is 12.1 Å². The summed E-state index contributed by atoms with van der Waals surface area (Å²) in [6.07, 6.45) is 8.97. The van der Waals surface area contributed by atoms with Crippen LogP contribution in [0.2, 0.25) is 0 Å². The molecule has 0 saturated heterocycles. The van der Waals surface area contributed by atoms with Crippen molar-refractivity contribution in [2.45, 2.75) is 42.5 Å². The van der Waals surface area contributed by atoms with Gasteiger partial charge in [-0.05, 0) is 43.9 Å². The van der Waals surface area contributed by atoms with Crippen LogP contribution < -0.4 is 5.73 Å². The minimum atomic E-state index is -3.24. The third kappa shape index (κ3) is 3.12. The Morgan fingerprint density at radius 2 is 1.79 bits per heavy atom. The van der Waals surface area contributed by atoms with Crippen molar-refractivity contribution in [3.8, 4) is 11.3 Å². The van der Waals surface area contributed by atoms with Gasteiger partial charge in [0, 0.05) is 30.0 Å². The molecule has 0 atom stereocenters. The van der Waals surface area contributed by atoms with Crippen LogP contribution in [0.4, 0.5) is 0 Å². The number of aromatic amines is 1. The van der Waals surface area contributed by atoms with Crippen LogP contribution in [0.15, 0.2) is 47.6 Å². The second kappa shape index (κ2) is 6.67. The lowest BCUT2D eigenvalue weighted by Gasteiger charge is -2.25. The largest absolute Gasteiger partial charge is 0.345 e. The van der Waals surface area contributed by atoms with Gasteiger partial charge in [-0.3, -0.25) is 4.40 Å². The molecule has 3 heterocycles. The topological polar surface area (TPSA) is 106 Å². The van der Waals surface area contributed by atoms with Crippen LogP contribution in [0.5, 0.6) is 0 Å². The second-order valence-electron chi connectivity index (χ2n) is 7.92. The molecule has 1 saturated carbocycles. The molecule has 1 aliphatic rings. The van der Waals surface area contributed by atoms with E-state index in [2.05, 4.69) is 14.4 Å². The lowest BCUT2D eigenvalue weighted by molar-refractivity contribution is 0.385. The third-order valence-electron chi connectivity index (χ3n) is 5.89. The van der Waals surface area contributed by atoms with Gasteiger partial charge in [0.25, 0.3) is 0 Å². The zero-order valence-electron chi connectivity index (χ0n) is 16.2. The minimum absolute atomic E-state index is 0.273. The lowest BCUT2D eigenvalue weighted by Crippen LogP contribution is -2.26. The van der Waals surface area contributed by atoms with Gasteiger partial charge in [0.05, 0.1) is 27.8 Å². The summed E-state index contributed by atoms with van der Waals surface area (Å²) in [5.74, 6) is 1.37. The summed E-state index contributed by atoms with van der Waals surface area (Å²) in [6.45, 7) is 0. The van der Waals surface area contributed by atoms with E-state index in [0.29, 0.717) is 10.8 Å². The Bertz CT molecular complexity index is 1300. The van der Waals surface area contributed by atoms with Crippen molar-refractivity contribution in [3.63, 3.8) is 0 Å². The van der Waals surface area contributed by atoms with Crippen molar-refractivity contribution in [2.75, 3.05) is 6.26 Å². The standard InChI is InChI=1S/C21H23N5O2S/c1-29(27,28)16-8-4-13(5-9-16)19-18-12-24-20-17(10-11-23-20)26(18)21(25-19)14-2-6-15(22)7-3-14/h4-5,8-12,14-15,23H,2-3,6-7,22H2,1H3/t14-,15-. The molecule has 4 aromatic rings. The Morgan fingerprint density at radius 3 is 2.48 bits per heavy atom. The highest BCUT2D eigenvalue weighted by atomic mass is 32.2. The quantitative estimate of drug-likeness (QED) is 0.540. The van der Waals surface area contributed by atoms with E-state index >= 15 is 0 Å². The molecule has 0 aliphatic heterocycles. The fourth-order valence-electron chi connectivity index (χ4n) is 4.31. The van der Waals surface area contributed by atoms with Gasteiger partial charge in [-0.2, -0.15) is 0 Å². The summed E-state index contributed by atoms with van der Waals surface area (Å²) in [7, 11) is -3.24. The van der Waals surface area contributed by atoms with Crippen molar-refractivity contribution in [1.29, 1.82) is 0 Å². The van der Waals surface area contributed by atoms with Gasteiger partial charge in [0.1, 0.15) is 5.82 Å². The van der Waals surface area contributed by atoms with E-state index in [-0.39, 0.29) is 6.04 Å². The second-order valence-corrected chi connectivity index (χ2v) is 9.93. The van der Waals surface area contributed by atoms with Crippen LogP contribution >= 0.6 is 0 Å². The van der Waals surface area contributed by atoms with Crippen LogP contribution in [-0.4, -0.2) is 40.1 Å². The molecule has 1 fully saturated rings. The molecule has 0 unspecified atom stereocenters. The van der Waals surface area contributed by atoms with Crippen molar-refractivity contribution in [3.05, 3.63) is 48.5 Å². The highest BCUT2D eigenvalue weighted by molar-refractivity contribution is 7.90. The first kappa shape index (κ1) is 18.3. The summed E-state index contributed by atoms with van der Waals surface area (Å²) >= 11 is 0. The summed E-state index contributed by atoms with van der Waals surface area (Å²) in [5, 5.41) is 0. The van der Waals surface area contributed by atoms with Gasteiger partial charge < -0.3 is 10.7 Å². The van der Waals surface area contributed by atoms with Gasteiger partial charge in [0.15, 0.2) is 15.5 Å². The van der Waals surface area contributed by atoms with Gasteiger partial charge in [-0.15, -0.1) is 0 Å². The van der Waals surface area contributed by atoms with Crippen LogP contribution in [0, 0.1) is 0 Å². The van der Waals surface area contributed by atoms with E-state index in [1.807, 2.05) is 30.6 Å². The highest BCUT2D eigenvalue weighted by Crippen LogP contribution is 2.36. The number of sulfone groups is 1. The number of nitrogens with zero attached hydrogens (tertiary/aromatic N) is 3. The molecule has 0 radical (unpaired) electrons. The lowest BCUT2D eigenvalue weighted by atomic mass is 9.86. The van der Waals surface area contributed by atoms with Crippen LogP contribution in [0.1, 0.15) is 37.4 Å². The van der Waals surface area contributed by atoms with Crippen molar-refractivity contribution in [1.82, 2.24) is 19.4 Å². The number of H-pyrrole nitrogens is 1. The normalized spacial score (nSPS) is 20.5. The van der Waals surface area contributed by atoms with E-state index < -0.39 is 9.84 Å². The number of hydrogen-bond donors (Lipinski definition) is 2. The minimum Gasteiger partial charge on any atom is -0.345 e. The fraction of sp³-hybridized carbons (Fsp3) is 0.333. The Hall–Kier alpha value is -2.71. The monoisotopic (exact) mass is 409 g/mol. The fourth-order valence-corrected chi connectivity index (χ4v) is 4.94. The molecule has 1 aromatic carbocycles. The number of nitrogens with two attached hydrogens (primary N) is 1. The molecule has 5 rings (SSSR count). The molecule has 0 amide bonds. The summed E-state index contributed by atoms with van der Waals surface area (Å²) < 4.78 is 25.8. The van der Waals surface area contributed by atoms with Gasteiger partial charge >= 0.3 is 0 Å². The summed E-state index contributed by atoms with van der Waals surface area (Å²) in [6, 6.07) is 9.20. The molecular weight excluding hydrogens is 386 g/mol. The zero-order valence-corrected chi connectivity index (χ0v) is 17.0. The number of fused-ring (bicyclic) bond motifs is 3. The SMILES string of the molecule is CS(=O)(=O)c1ccc(-c2nc([C@H]3CC[C@H](N)CC3)n3c2cnc2[nH]ccc23)cc1. The number of nitrogens with one attached hydrogen (secondary N) is 1. The Morgan fingerprint density at radius 1 is 1.07 bits per heavy atom. The van der Waals surface area contributed by atoms with E-state index in [9.17, 15) is 8.42 Å². The zero-order chi connectivity index (χ0) is 20.2. The summed E-state index contributed by atoms with van der Waals surface area (Å²) in [5.41, 5.74) is 10.6. The molecular formula is C21H23N5O2S. The Kier molecular flexibility index (Phi) is 4.22. The molecule has 150 valence electrons. The van der Waals surface area contributed by atoms with Crippen molar-refractivity contribution in [2.24, 2.45) is 5.73 Å². The number of benzene rings is 1. The first-order valence-corrected chi connectivity index (χ1v) is 11.7. The summed E-state index contributed by atoms with van der Waals surface area (Å²) in [4.78, 5) is 13.1. The smallest absolute Gasteiger partial charge is 0.175 e. The van der Waals surface area contributed by atoms with Gasteiger partial charge in [0.2, 0.25) is 0 Å². The first-order chi connectivity index (χ1) is 13.9. The number of hydrogen-bond acceptors (Lipinski definition) is 5. The van der Waals surface area contributed by atoms with Crippen molar-refractivity contribution >= 4 is 26.5 Å². The molecule has 3 aromatic heterocycles. The number of rotatable bonds is 3. The molecule has 0 spiro atoms. The molecule has 8 heteroatoms.